The van der Waals surface area contributed by atoms with Crippen LogP contribution in [0.5, 0.6) is 0 Å². The minimum atomic E-state index is -3.53. The Morgan fingerprint density at radius 1 is 1.24 bits per heavy atom. The summed E-state index contributed by atoms with van der Waals surface area (Å²) in [6.45, 7) is -0.0462. The van der Waals surface area contributed by atoms with Gasteiger partial charge in [-0.15, -0.1) is 0 Å². The molecule has 2 atom stereocenters. The van der Waals surface area contributed by atoms with Crippen LogP contribution in [-0.2, 0) is 24.6 Å². The lowest BCUT2D eigenvalue weighted by Crippen LogP contribution is -2.20. The number of hydrogen-bond acceptors (Lipinski definition) is 5. The topological polar surface area (TPSA) is 68.8 Å². The average molecular weight is 305 g/mol. The molecular weight excluding hydrogens is 290 g/mol. The van der Waals surface area contributed by atoms with Crippen LogP contribution in [0.2, 0.25) is 0 Å². The van der Waals surface area contributed by atoms with Gasteiger partial charge in [0.2, 0.25) is 0 Å². The largest absolute Gasteiger partial charge is 0.353 e. The molecule has 1 aliphatic rings. The van der Waals surface area contributed by atoms with Crippen LogP contribution < -0.4 is 0 Å². The Morgan fingerprint density at radius 3 is 2.62 bits per heavy atom. The summed E-state index contributed by atoms with van der Waals surface area (Å²) in [5.41, 5.74) is 1.02. The summed E-state index contributed by atoms with van der Waals surface area (Å²) in [4.78, 5) is 4.07. The molecule has 0 saturated carbocycles. The van der Waals surface area contributed by atoms with Gasteiger partial charge in [0.05, 0.1) is 6.26 Å². The Hall–Kier alpha value is -1.76. The van der Waals surface area contributed by atoms with Crippen molar-refractivity contribution in [2.24, 2.45) is 0 Å². The van der Waals surface area contributed by atoms with E-state index in [0.717, 1.165) is 17.4 Å². The van der Waals surface area contributed by atoms with Crippen molar-refractivity contribution in [3.63, 3.8) is 0 Å². The molecule has 1 aromatic carbocycles. The average Bonchev–Trinajstić information content (AvgIpc) is 3.23. The van der Waals surface area contributed by atoms with E-state index in [2.05, 4.69) is 4.98 Å². The van der Waals surface area contributed by atoms with E-state index in [0.29, 0.717) is 0 Å². The summed E-state index contributed by atoms with van der Waals surface area (Å²) in [5.74, 6) is 0. The predicted octanol–water partition coefficient (Wildman–Crippen LogP) is 2.02. The van der Waals surface area contributed by atoms with Gasteiger partial charge in [-0.2, -0.15) is 8.42 Å². The fraction of sp³-hybridized carbons (Fsp3) is 0.267. The number of aromatic nitrogens is 1. The summed E-state index contributed by atoms with van der Waals surface area (Å²) >= 11 is 0. The second-order valence-electron chi connectivity index (χ2n) is 5.01. The zero-order valence-corrected chi connectivity index (χ0v) is 12.3. The van der Waals surface area contributed by atoms with E-state index in [9.17, 15) is 8.42 Å². The quantitative estimate of drug-likeness (QED) is 0.624. The van der Waals surface area contributed by atoms with E-state index in [1.54, 1.807) is 12.4 Å². The molecule has 0 amide bonds. The standard InChI is InChI=1S/C15H15NO4S/c1-21(17,18)19-11-15(13-7-3-2-4-8-13)14(20-15)12-6-5-9-16-10-12/h2-10,14H,11H2,1H3. The van der Waals surface area contributed by atoms with Crippen molar-refractivity contribution in [2.45, 2.75) is 11.7 Å². The van der Waals surface area contributed by atoms with Gasteiger partial charge >= 0.3 is 0 Å². The molecule has 110 valence electrons. The second-order valence-corrected chi connectivity index (χ2v) is 6.65. The number of pyridine rings is 1. The monoisotopic (exact) mass is 305 g/mol. The van der Waals surface area contributed by atoms with Crippen LogP contribution in [0.15, 0.2) is 54.9 Å². The SMILES string of the molecule is CS(=O)(=O)OCC1(c2ccccc2)OC1c1cccnc1. The van der Waals surface area contributed by atoms with E-state index in [-0.39, 0.29) is 12.7 Å². The van der Waals surface area contributed by atoms with Gasteiger partial charge in [-0.05, 0) is 11.6 Å². The third-order valence-electron chi connectivity index (χ3n) is 3.43. The van der Waals surface area contributed by atoms with Crippen molar-refractivity contribution < 1.29 is 17.3 Å². The molecule has 1 fully saturated rings. The van der Waals surface area contributed by atoms with Gasteiger partial charge < -0.3 is 4.74 Å². The Morgan fingerprint density at radius 2 is 2.00 bits per heavy atom. The van der Waals surface area contributed by atoms with Crippen molar-refractivity contribution in [3.05, 3.63) is 66.0 Å². The molecule has 1 aromatic heterocycles. The zero-order valence-electron chi connectivity index (χ0n) is 11.5. The molecule has 6 heteroatoms. The molecule has 21 heavy (non-hydrogen) atoms. The summed E-state index contributed by atoms with van der Waals surface area (Å²) in [5, 5.41) is 0. The lowest BCUT2D eigenvalue weighted by atomic mass is 9.93. The molecule has 3 rings (SSSR count). The number of hydrogen-bond donors (Lipinski definition) is 0. The summed E-state index contributed by atoms with van der Waals surface area (Å²) < 4.78 is 33.4. The van der Waals surface area contributed by atoms with Gasteiger partial charge in [0.15, 0.2) is 0 Å². The number of ether oxygens (including phenoxy) is 1. The number of rotatable bonds is 5. The molecule has 2 unspecified atom stereocenters. The molecule has 0 radical (unpaired) electrons. The van der Waals surface area contributed by atoms with Crippen LogP contribution >= 0.6 is 0 Å². The van der Waals surface area contributed by atoms with E-state index in [1.807, 2.05) is 42.5 Å². The minimum Gasteiger partial charge on any atom is -0.353 e. The number of benzene rings is 1. The van der Waals surface area contributed by atoms with E-state index < -0.39 is 15.7 Å². The fourth-order valence-electron chi connectivity index (χ4n) is 2.37. The van der Waals surface area contributed by atoms with Gasteiger partial charge in [0, 0.05) is 18.0 Å². The molecule has 0 aliphatic carbocycles. The van der Waals surface area contributed by atoms with Crippen LogP contribution in [0.4, 0.5) is 0 Å². The second kappa shape index (κ2) is 5.22. The third kappa shape index (κ3) is 2.97. The van der Waals surface area contributed by atoms with Crippen molar-refractivity contribution in [2.75, 3.05) is 12.9 Å². The van der Waals surface area contributed by atoms with Crippen LogP contribution in [-0.4, -0.2) is 26.3 Å². The van der Waals surface area contributed by atoms with E-state index in [4.69, 9.17) is 8.92 Å². The highest BCUT2D eigenvalue weighted by Crippen LogP contribution is 2.57. The van der Waals surface area contributed by atoms with Gasteiger partial charge in [0.25, 0.3) is 10.1 Å². The highest BCUT2D eigenvalue weighted by Gasteiger charge is 2.59. The van der Waals surface area contributed by atoms with Gasteiger partial charge in [0.1, 0.15) is 18.3 Å². The minimum absolute atomic E-state index is 0.0462. The van der Waals surface area contributed by atoms with Gasteiger partial charge in [-0.1, -0.05) is 36.4 Å². The van der Waals surface area contributed by atoms with Gasteiger partial charge in [-0.25, -0.2) is 0 Å². The Bertz CT molecular complexity index is 718. The van der Waals surface area contributed by atoms with Crippen molar-refractivity contribution >= 4 is 10.1 Å². The first-order valence-corrected chi connectivity index (χ1v) is 8.31. The third-order valence-corrected chi connectivity index (χ3v) is 3.98. The van der Waals surface area contributed by atoms with Crippen LogP contribution in [0.1, 0.15) is 17.2 Å². The molecule has 0 spiro atoms. The Kier molecular flexibility index (Phi) is 3.52. The van der Waals surface area contributed by atoms with E-state index >= 15 is 0 Å². The first-order chi connectivity index (χ1) is 10.0. The zero-order chi connectivity index (χ0) is 14.9. The number of nitrogens with zero attached hydrogens (tertiary/aromatic N) is 1. The summed E-state index contributed by atoms with van der Waals surface area (Å²) in [6, 6.07) is 13.2. The Balaban J connectivity index is 1.91. The van der Waals surface area contributed by atoms with Gasteiger partial charge in [-0.3, -0.25) is 9.17 Å². The molecular formula is C15H15NO4S. The van der Waals surface area contributed by atoms with E-state index in [1.165, 1.54) is 0 Å². The first kappa shape index (κ1) is 14.2. The van der Waals surface area contributed by atoms with Crippen molar-refractivity contribution in [3.8, 4) is 0 Å². The molecule has 5 nitrogen and oxygen atoms in total. The molecule has 0 N–H and O–H groups in total. The highest BCUT2D eigenvalue weighted by atomic mass is 32.2. The summed E-state index contributed by atoms with van der Waals surface area (Å²) in [6.07, 6.45) is 4.18. The molecule has 2 heterocycles. The van der Waals surface area contributed by atoms with Crippen LogP contribution in [0.25, 0.3) is 0 Å². The lowest BCUT2D eigenvalue weighted by Gasteiger charge is -2.13. The predicted molar refractivity (Wildman–Crippen MR) is 77.0 cm³/mol. The van der Waals surface area contributed by atoms with Crippen molar-refractivity contribution in [1.29, 1.82) is 0 Å². The van der Waals surface area contributed by atoms with Crippen molar-refractivity contribution in [1.82, 2.24) is 4.98 Å². The molecule has 1 aliphatic heterocycles. The number of epoxide rings is 1. The molecule has 0 bridgehead atoms. The summed E-state index contributed by atoms with van der Waals surface area (Å²) in [7, 11) is -3.53. The maximum atomic E-state index is 11.3. The first-order valence-electron chi connectivity index (χ1n) is 6.49. The molecule has 1 saturated heterocycles. The smallest absolute Gasteiger partial charge is 0.264 e. The normalized spacial score (nSPS) is 24.7. The Labute approximate surface area is 123 Å². The molecule has 2 aromatic rings. The van der Waals surface area contributed by atoms with Crippen LogP contribution in [0.3, 0.4) is 0 Å². The fourth-order valence-corrected chi connectivity index (χ4v) is 2.76. The van der Waals surface area contributed by atoms with Crippen LogP contribution in [0, 0.1) is 0 Å². The maximum absolute atomic E-state index is 11.3. The lowest BCUT2D eigenvalue weighted by molar-refractivity contribution is 0.194. The highest BCUT2D eigenvalue weighted by molar-refractivity contribution is 7.85. The maximum Gasteiger partial charge on any atom is 0.264 e.